The molecular formula is C13H19ClN2O. The number of halogens is 1. The van der Waals surface area contributed by atoms with Gasteiger partial charge in [0.05, 0.1) is 10.6 Å². The molecule has 4 heteroatoms. The van der Waals surface area contributed by atoms with Gasteiger partial charge >= 0.3 is 0 Å². The van der Waals surface area contributed by atoms with Crippen molar-refractivity contribution in [2.24, 2.45) is 5.92 Å². The zero-order chi connectivity index (χ0) is 13.0. The number of carbonyl (C=O) groups is 1. The van der Waals surface area contributed by atoms with Gasteiger partial charge in [-0.25, -0.2) is 0 Å². The van der Waals surface area contributed by atoms with Crippen LogP contribution in [0.4, 0.5) is 0 Å². The summed E-state index contributed by atoms with van der Waals surface area (Å²) in [4.78, 5) is 16.1. The molecule has 3 nitrogen and oxygen atoms in total. The van der Waals surface area contributed by atoms with Crippen LogP contribution in [-0.2, 0) is 0 Å². The van der Waals surface area contributed by atoms with Crippen molar-refractivity contribution in [1.82, 2.24) is 10.3 Å². The van der Waals surface area contributed by atoms with E-state index in [2.05, 4.69) is 24.1 Å². The Labute approximate surface area is 108 Å². The lowest BCUT2D eigenvalue weighted by atomic mass is 10.0. The molecule has 0 aliphatic rings. The van der Waals surface area contributed by atoms with Gasteiger partial charge in [0.1, 0.15) is 0 Å². The lowest BCUT2D eigenvalue weighted by molar-refractivity contribution is 0.0928. The SMILES string of the molecule is CCC(C)C(C)NC(=O)c1cnc(C)cc1Cl. The molecule has 0 saturated heterocycles. The van der Waals surface area contributed by atoms with Crippen LogP contribution >= 0.6 is 11.6 Å². The molecule has 0 aliphatic heterocycles. The van der Waals surface area contributed by atoms with E-state index in [1.165, 1.54) is 6.20 Å². The minimum Gasteiger partial charge on any atom is -0.349 e. The molecule has 1 rings (SSSR count). The number of nitrogens with zero attached hydrogens (tertiary/aromatic N) is 1. The fourth-order valence-corrected chi connectivity index (χ4v) is 1.77. The molecule has 0 aliphatic carbocycles. The second-order valence-corrected chi connectivity index (χ2v) is 4.86. The maximum absolute atomic E-state index is 12.0. The molecule has 17 heavy (non-hydrogen) atoms. The number of pyridine rings is 1. The lowest BCUT2D eigenvalue weighted by Gasteiger charge is -2.20. The van der Waals surface area contributed by atoms with Crippen molar-refractivity contribution in [3.8, 4) is 0 Å². The van der Waals surface area contributed by atoms with E-state index in [1.54, 1.807) is 6.07 Å². The van der Waals surface area contributed by atoms with E-state index >= 15 is 0 Å². The zero-order valence-electron chi connectivity index (χ0n) is 10.7. The van der Waals surface area contributed by atoms with Gasteiger partial charge in [-0.2, -0.15) is 0 Å². The van der Waals surface area contributed by atoms with Gasteiger partial charge in [-0.1, -0.05) is 31.9 Å². The van der Waals surface area contributed by atoms with E-state index in [0.717, 1.165) is 12.1 Å². The lowest BCUT2D eigenvalue weighted by Crippen LogP contribution is -2.37. The molecule has 1 N–H and O–H groups in total. The Morgan fingerprint density at radius 2 is 2.18 bits per heavy atom. The largest absolute Gasteiger partial charge is 0.349 e. The van der Waals surface area contributed by atoms with Gasteiger partial charge in [0.25, 0.3) is 5.91 Å². The first kappa shape index (κ1) is 14.0. The molecule has 2 unspecified atom stereocenters. The first-order valence-corrected chi connectivity index (χ1v) is 6.26. The van der Waals surface area contributed by atoms with Crippen LogP contribution < -0.4 is 5.32 Å². The molecular weight excluding hydrogens is 236 g/mol. The van der Waals surface area contributed by atoms with E-state index in [1.807, 2.05) is 13.8 Å². The van der Waals surface area contributed by atoms with E-state index in [-0.39, 0.29) is 11.9 Å². The number of nitrogens with one attached hydrogen (secondary N) is 1. The number of aryl methyl sites for hydroxylation is 1. The number of carbonyl (C=O) groups excluding carboxylic acids is 1. The van der Waals surface area contributed by atoms with Gasteiger partial charge in [0.2, 0.25) is 0 Å². The molecule has 0 aromatic carbocycles. The summed E-state index contributed by atoms with van der Waals surface area (Å²) in [5.41, 5.74) is 1.24. The molecule has 0 radical (unpaired) electrons. The minimum absolute atomic E-state index is 0.130. The molecule has 1 aromatic rings. The van der Waals surface area contributed by atoms with Gasteiger partial charge in [0, 0.05) is 17.9 Å². The van der Waals surface area contributed by atoms with Crippen molar-refractivity contribution in [1.29, 1.82) is 0 Å². The van der Waals surface area contributed by atoms with Crippen molar-refractivity contribution >= 4 is 17.5 Å². The van der Waals surface area contributed by atoms with E-state index in [4.69, 9.17) is 11.6 Å². The highest BCUT2D eigenvalue weighted by atomic mass is 35.5. The monoisotopic (exact) mass is 254 g/mol. The fourth-order valence-electron chi connectivity index (χ4n) is 1.47. The van der Waals surface area contributed by atoms with Gasteiger partial charge in [-0.15, -0.1) is 0 Å². The van der Waals surface area contributed by atoms with E-state index in [9.17, 15) is 4.79 Å². The summed E-state index contributed by atoms with van der Waals surface area (Å²) >= 11 is 6.02. The number of aromatic nitrogens is 1. The highest BCUT2D eigenvalue weighted by molar-refractivity contribution is 6.33. The zero-order valence-corrected chi connectivity index (χ0v) is 11.5. The summed E-state index contributed by atoms with van der Waals surface area (Å²) in [7, 11) is 0. The smallest absolute Gasteiger partial charge is 0.254 e. The Hall–Kier alpha value is -1.09. The fraction of sp³-hybridized carbons (Fsp3) is 0.538. The topological polar surface area (TPSA) is 42.0 Å². The Morgan fingerprint density at radius 3 is 2.71 bits per heavy atom. The summed E-state index contributed by atoms with van der Waals surface area (Å²) in [5.74, 6) is 0.284. The Kier molecular flexibility index (Phi) is 4.94. The molecule has 0 spiro atoms. The first-order valence-electron chi connectivity index (χ1n) is 5.88. The third kappa shape index (κ3) is 3.70. The Morgan fingerprint density at radius 1 is 1.53 bits per heavy atom. The average Bonchev–Trinajstić information content (AvgIpc) is 2.27. The van der Waals surface area contributed by atoms with Crippen LogP contribution in [0.5, 0.6) is 0 Å². The van der Waals surface area contributed by atoms with E-state index in [0.29, 0.717) is 16.5 Å². The van der Waals surface area contributed by atoms with Gasteiger partial charge in [-0.3, -0.25) is 9.78 Å². The van der Waals surface area contributed by atoms with Crippen LogP contribution in [0.1, 0.15) is 43.2 Å². The van der Waals surface area contributed by atoms with Crippen molar-refractivity contribution in [2.45, 2.75) is 40.2 Å². The van der Waals surface area contributed by atoms with Crippen molar-refractivity contribution < 1.29 is 4.79 Å². The normalized spacial score (nSPS) is 14.2. The minimum atomic E-state index is -0.157. The van der Waals surface area contributed by atoms with Crippen LogP contribution in [0.15, 0.2) is 12.3 Å². The maximum Gasteiger partial charge on any atom is 0.254 e. The average molecular weight is 255 g/mol. The van der Waals surface area contributed by atoms with Crippen molar-refractivity contribution in [3.05, 3.63) is 28.5 Å². The van der Waals surface area contributed by atoms with Crippen LogP contribution in [0.3, 0.4) is 0 Å². The number of rotatable bonds is 4. The Balaban J connectivity index is 2.76. The highest BCUT2D eigenvalue weighted by Gasteiger charge is 2.16. The van der Waals surface area contributed by atoms with Gasteiger partial charge < -0.3 is 5.32 Å². The van der Waals surface area contributed by atoms with E-state index < -0.39 is 0 Å². The third-order valence-corrected chi connectivity index (χ3v) is 3.40. The predicted octanol–water partition coefficient (Wildman–Crippen LogP) is 3.21. The molecule has 1 amide bonds. The second kappa shape index (κ2) is 6.01. The van der Waals surface area contributed by atoms with Gasteiger partial charge in [-0.05, 0) is 25.8 Å². The number of amides is 1. The standard InChI is InChI=1S/C13H19ClN2O/c1-5-8(2)10(4)16-13(17)11-7-15-9(3)6-12(11)14/h6-8,10H,5H2,1-4H3,(H,16,17). The first-order chi connectivity index (χ1) is 7.95. The molecule has 2 atom stereocenters. The third-order valence-electron chi connectivity index (χ3n) is 3.09. The predicted molar refractivity (Wildman–Crippen MR) is 70.4 cm³/mol. The van der Waals surface area contributed by atoms with Crippen LogP contribution in [0.2, 0.25) is 5.02 Å². The van der Waals surface area contributed by atoms with Crippen LogP contribution in [-0.4, -0.2) is 16.9 Å². The van der Waals surface area contributed by atoms with Crippen LogP contribution in [0.25, 0.3) is 0 Å². The summed E-state index contributed by atoms with van der Waals surface area (Å²) in [6.07, 6.45) is 2.55. The molecule has 1 heterocycles. The summed E-state index contributed by atoms with van der Waals surface area (Å²) < 4.78 is 0. The summed E-state index contributed by atoms with van der Waals surface area (Å²) in [5, 5.41) is 3.39. The molecule has 0 fully saturated rings. The highest BCUT2D eigenvalue weighted by Crippen LogP contribution is 2.16. The Bertz CT molecular complexity index is 406. The van der Waals surface area contributed by atoms with Crippen molar-refractivity contribution in [3.63, 3.8) is 0 Å². The number of hydrogen-bond donors (Lipinski definition) is 1. The summed E-state index contributed by atoms with van der Waals surface area (Å²) in [6, 6.07) is 1.83. The molecule has 94 valence electrons. The van der Waals surface area contributed by atoms with Gasteiger partial charge in [0.15, 0.2) is 0 Å². The second-order valence-electron chi connectivity index (χ2n) is 4.45. The molecule has 1 aromatic heterocycles. The molecule has 0 bridgehead atoms. The quantitative estimate of drug-likeness (QED) is 0.897. The van der Waals surface area contributed by atoms with Crippen molar-refractivity contribution in [2.75, 3.05) is 0 Å². The summed E-state index contributed by atoms with van der Waals surface area (Å²) in [6.45, 7) is 8.06. The number of hydrogen-bond acceptors (Lipinski definition) is 2. The van der Waals surface area contributed by atoms with Crippen LogP contribution in [0, 0.1) is 12.8 Å². The maximum atomic E-state index is 12.0. The molecule has 0 saturated carbocycles.